The second-order valence-electron chi connectivity index (χ2n) is 4.55. The Balaban J connectivity index is 2.78. The van der Waals surface area contributed by atoms with Gasteiger partial charge in [-0.1, -0.05) is 5.11 Å². The molecule has 18 heavy (non-hydrogen) atoms. The molecule has 0 unspecified atom stereocenters. The predicted molar refractivity (Wildman–Crippen MR) is 70.4 cm³/mol. The molecule has 0 bridgehead atoms. The number of hydrogen-bond acceptors (Lipinski definition) is 4. The fourth-order valence-corrected chi connectivity index (χ4v) is 2.58. The summed E-state index contributed by atoms with van der Waals surface area (Å²) in [6.45, 7) is 3.90. The molecule has 1 amide bonds. The highest BCUT2D eigenvalue weighted by molar-refractivity contribution is 7.07. The first-order valence-electron chi connectivity index (χ1n) is 5.46. The van der Waals surface area contributed by atoms with Crippen LogP contribution in [0.25, 0.3) is 10.4 Å². The summed E-state index contributed by atoms with van der Waals surface area (Å²) in [4.78, 5) is 13.6. The van der Waals surface area contributed by atoms with Gasteiger partial charge in [0.25, 0.3) is 0 Å². The highest BCUT2D eigenvalue weighted by atomic mass is 32.1. The van der Waals surface area contributed by atoms with Crippen molar-refractivity contribution < 1.29 is 9.53 Å². The van der Waals surface area contributed by atoms with E-state index < -0.39 is 11.7 Å². The number of rotatable bonds is 6. The Morgan fingerprint density at radius 1 is 1.72 bits per heavy atom. The van der Waals surface area contributed by atoms with Crippen LogP contribution >= 0.6 is 11.3 Å². The van der Waals surface area contributed by atoms with E-state index in [1.807, 2.05) is 16.8 Å². The lowest BCUT2D eigenvalue weighted by atomic mass is 9.89. The van der Waals surface area contributed by atoms with Crippen molar-refractivity contribution in [3.8, 4) is 0 Å². The summed E-state index contributed by atoms with van der Waals surface area (Å²) in [6.07, 6.45) is -0.251. The van der Waals surface area contributed by atoms with Gasteiger partial charge >= 0.3 is 6.09 Å². The topological polar surface area (TPSA) is 101 Å². The summed E-state index contributed by atoms with van der Waals surface area (Å²) in [5.41, 5.74) is 13.8. The molecule has 0 spiro atoms. The summed E-state index contributed by atoms with van der Waals surface area (Å²) in [7, 11) is 0. The molecule has 1 heterocycles. The Hall–Kier alpha value is -1.72. The highest BCUT2D eigenvalue weighted by Gasteiger charge is 2.27. The molecular weight excluding hydrogens is 252 g/mol. The number of azide groups is 1. The minimum atomic E-state index is -0.798. The number of carbonyl (C=O) groups excluding carboxylic acids is 1. The Labute approximate surface area is 109 Å². The summed E-state index contributed by atoms with van der Waals surface area (Å²) >= 11 is 1.57. The first-order chi connectivity index (χ1) is 8.44. The number of primary amides is 1. The number of nitrogens with zero attached hydrogens (tertiary/aromatic N) is 3. The zero-order valence-corrected chi connectivity index (χ0v) is 11.2. The van der Waals surface area contributed by atoms with E-state index in [0.717, 1.165) is 5.56 Å². The SMILES string of the molecule is CC(C)(C[C@H](CN=[N+]=[N-])c1ccsc1)OC(N)=O. The van der Waals surface area contributed by atoms with Gasteiger partial charge in [-0.3, -0.25) is 0 Å². The van der Waals surface area contributed by atoms with Crippen LogP contribution in [0.5, 0.6) is 0 Å². The van der Waals surface area contributed by atoms with Crippen LogP contribution in [0.15, 0.2) is 21.9 Å². The van der Waals surface area contributed by atoms with Crippen molar-refractivity contribution in [1.29, 1.82) is 0 Å². The summed E-state index contributed by atoms with van der Waals surface area (Å²) in [5.74, 6) is 0.0153. The van der Waals surface area contributed by atoms with Gasteiger partial charge < -0.3 is 10.5 Å². The van der Waals surface area contributed by atoms with Gasteiger partial charge in [0.05, 0.1) is 0 Å². The minimum Gasteiger partial charge on any atom is -0.444 e. The van der Waals surface area contributed by atoms with Crippen LogP contribution in [-0.4, -0.2) is 18.2 Å². The number of carbonyl (C=O) groups is 1. The second-order valence-corrected chi connectivity index (χ2v) is 5.33. The molecule has 1 aromatic rings. The van der Waals surface area contributed by atoms with Gasteiger partial charge in [0, 0.05) is 11.5 Å². The second kappa shape index (κ2) is 6.28. The van der Waals surface area contributed by atoms with E-state index in [0.29, 0.717) is 13.0 Å². The first-order valence-corrected chi connectivity index (χ1v) is 6.40. The van der Waals surface area contributed by atoms with Gasteiger partial charge in [-0.15, -0.1) is 0 Å². The molecular formula is C11H16N4O2S. The first kappa shape index (κ1) is 14.3. The molecule has 1 aromatic heterocycles. The fourth-order valence-electron chi connectivity index (χ4n) is 1.84. The molecule has 0 saturated carbocycles. The van der Waals surface area contributed by atoms with Crippen molar-refractivity contribution in [2.24, 2.45) is 10.8 Å². The van der Waals surface area contributed by atoms with E-state index in [4.69, 9.17) is 16.0 Å². The molecule has 6 nitrogen and oxygen atoms in total. The zero-order chi connectivity index (χ0) is 13.6. The van der Waals surface area contributed by atoms with E-state index in [-0.39, 0.29) is 5.92 Å². The lowest BCUT2D eigenvalue weighted by molar-refractivity contribution is 0.0342. The third-order valence-corrected chi connectivity index (χ3v) is 3.20. The van der Waals surface area contributed by atoms with E-state index >= 15 is 0 Å². The number of amides is 1. The molecule has 7 heteroatoms. The van der Waals surface area contributed by atoms with Gasteiger partial charge in [-0.2, -0.15) is 11.3 Å². The predicted octanol–water partition coefficient (Wildman–Crippen LogP) is 3.41. The maximum atomic E-state index is 10.8. The molecule has 0 aromatic carbocycles. The third kappa shape index (κ3) is 4.65. The van der Waals surface area contributed by atoms with Crippen LogP contribution in [-0.2, 0) is 4.74 Å². The molecule has 0 aliphatic heterocycles. The fraction of sp³-hybridized carbons (Fsp3) is 0.545. The van der Waals surface area contributed by atoms with Crippen LogP contribution in [0, 0.1) is 0 Å². The van der Waals surface area contributed by atoms with Crippen molar-refractivity contribution in [3.63, 3.8) is 0 Å². The van der Waals surface area contributed by atoms with Gasteiger partial charge in [-0.05, 0) is 54.1 Å². The molecule has 1 atom stereocenters. The van der Waals surface area contributed by atoms with Crippen molar-refractivity contribution in [3.05, 3.63) is 32.8 Å². The number of ether oxygens (including phenoxy) is 1. The van der Waals surface area contributed by atoms with Crippen LogP contribution < -0.4 is 5.73 Å². The molecule has 2 N–H and O–H groups in total. The van der Waals surface area contributed by atoms with Gasteiger partial charge in [0.15, 0.2) is 0 Å². The standard InChI is InChI=1S/C11H16N4O2S/c1-11(2,17-10(12)16)5-9(6-14-15-13)8-3-4-18-7-8/h3-4,7,9H,5-6H2,1-2H3,(H2,12,16)/t9-/m1/s1. The lowest BCUT2D eigenvalue weighted by Gasteiger charge is -2.28. The van der Waals surface area contributed by atoms with E-state index in [1.165, 1.54) is 0 Å². The highest BCUT2D eigenvalue weighted by Crippen LogP contribution is 2.30. The minimum absolute atomic E-state index is 0.0153. The Morgan fingerprint density at radius 2 is 2.44 bits per heavy atom. The van der Waals surface area contributed by atoms with Gasteiger partial charge in [0.1, 0.15) is 5.60 Å². The van der Waals surface area contributed by atoms with Gasteiger partial charge in [-0.25, -0.2) is 4.79 Å². The molecule has 0 fully saturated rings. The van der Waals surface area contributed by atoms with Crippen LogP contribution in [0.2, 0.25) is 0 Å². The summed E-state index contributed by atoms with van der Waals surface area (Å²) in [6, 6.07) is 1.97. The molecule has 0 saturated heterocycles. The molecule has 0 aliphatic rings. The normalized spacial score (nSPS) is 12.6. The molecule has 1 rings (SSSR count). The smallest absolute Gasteiger partial charge is 0.405 e. The van der Waals surface area contributed by atoms with Crippen LogP contribution in [0.1, 0.15) is 31.7 Å². The van der Waals surface area contributed by atoms with Crippen LogP contribution in [0.4, 0.5) is 4.79 Å². The molecule has 0 aliphatic carbocycles. The number of hydrogen-bond donors (Lipinski definition) is 1. The van der Waals surface area contributed by atoms with Gasteiger partial charge in [0.2, 0.25) is 0 Å². The molecule has 98 valence electrons. The number of thiophene rings is 1. The zero-order valence-electron chi connectivity index (χ0n) is 10.4. The van der Waals surface area contributed by atoms with Crippen molar-refractivity contribution in [1.82, 2.24) is 0 Å². The summed E-state index contributed by atoms with van der Waals surface area (Å²) < 4.78 is 5.05. The van der Waals surface area contributed by atoms with E-state index in [2.05, 4.69) is 10.0 Å². The van der Waals surface area contributed by atoms with E-state index in [1.54, 1.807) is 25.2 Å². The maximum Gasteiger partial charge on any atom is 0.405 e. The Kier molecular flexibility index (Phi) is 5.00. The van der Waals surface area contributed by atoms with E-state index in [9.17, 15) is 4.79 Å². The third-order valence-electron chi connectivity index (χ3n) is 2.49. The monoisotopic (exact) mass is 268 g/mol. The average Bonchev–Trinajstić information content (AvgIpc) is 2.75. The van der Waals surface area contributed by atoms with Crippen molar-refractivity contribution in [2.45, 2.75) is 31.8 Å². The van der Waals surface area contributed by atoms with Crippen molar-refractivity contribution >= 4 is 17.4 Å². The Bertz CT molecular complexity index is 438. The number of nitrogens with two attached hydrogens (primary N) is 1. The lowest BCUT2D eigenvalue weighted by Crippen LogP contribution is -2.33. The maximum absolute atomic E-state index is 10.8. The quantitative estimate of drug-likeness (QED) is 0.485. The Morgan fingerprint density at radius 3 is 2.94 bits per heavy atom. The van der Waals surface area contributed by atoms with Crippen molar-refractivity contribution in [2.75, 3.05) is 6.54 Å². The largest absolute Gasteiger partial charge is 0.444 e. The van der Waals surface area contributed by atoms with Crippen LogP contribution in [0.3, 0.4) is 0 Å². The summed E-state index contributed by atoms with van der Waals surface area (Å²) in [5, 5.41) is 7.56. The molecule has 0 radical (unpaired) electrons. The average molecular weight is 268 g/mol.